The molecule has 4 nitrogen and oxygen atoms in total. The second-order valence-corrected chi connectivity index (χ2v) is 3.12. The molecule has 0 atom stereocenters. The minimum absolute atomic E-state index is 0.0156. The Morgan fingerprint density at radius 3 is 2.71 bits per heavy atom. The molecule has 0 aromatic heterocycles. The number of rotatable bonds is 4. The van der Waals surface area contributed by atoms with Gasteiger partial charge >= 0.3 is 12.1 Å². The summed E-state index contributed by atoms with van der Waals surface area (Å²) in [6.45, 7) is 0.538. The van der Waals surface area contributed by atoms with E-state index in [4.69, 9.17) is 10.5 Å². The zero-order valence-electron chi connectivity index (χ0n) is 8.75. The fourth-order valence-electron chi connectivity index (χ4n) is 1.04. The van der Waals surface area contributed by atoms with Crippen molar-refractivity contribution in [2.45, 2.75) is 6.18 Å². The molecular formula is C10H11F3N2O2. The summed E-state index contributed by atoms with van der Waals surface area (Å²) in [5, 5.41) is 1.72. The molecule has 3 N–H and O–H groups in total. The monoisotopic (exact) mass is 248 g/mol. The van der Waals surface area contributed by atoms with Gasteiger partial charge in [0.1, 0.15) is 12.4 Å². The average molecular weight is 248 g/mol. The third-order valence-electron chi connectivity index (χ3n) is 1.74. The SMILES string of the molecule is NCCOc1cccc(NC(=O)C(F)(F)F)c1. The van der Waals surface area contributed by atoms with E-state index >= 15 is 0 Å². The second-order valence-electron chi connectivity index (χ2n) is 3.12. The molecule has 0 fully saturated rings. The number of hydrogen-bond acceptors (Lipinski definition) is 3. The summed E-state index contributed by atoms with van der Waals surface area (Å²) >= 11 is 0. The highest BCUT2D eigenvalue weighted by molar-refractivity contribution is 5.95. The number of amides is 1. The molecule has 1 aromatic rings. The lowest BCUT2D eigenvalue weighted by Gasteiger charge is -2.09. The van der Waals surface area contributed by atoms with E-state index in [0.717, 1.165) is 0 Å². The maximum atomic E-state index is 12.0. The Morgan fingerprint density at radius 1 is 1.41 bits per heavy atom. The first-order valence-electron chi connectivity index (χ1n) is 4.74. The molecule has 0 heterocycles. The minimum Gasteiger partial charge on any atom is -0.492 e. The van der Waals surface area contributed by atoms with Crippen LogP contribution in [0.2, 0.25) is 0 Å². The van der Waals surface area contributed by atoms with Crippen LogP contribution in [0.25, 0.3) is 0 Å². The standard InChI is InChI=1S/C10H11F3N2O2/c11-10(12,13)9(16)15-7-2-1-3-8(6-7)17-5-4-14/h1-3,6H,4-5,14H2,(H,15,16). The van der Waals surface area contributed by atoms with Crippen molar-refractivity contribution < 1.29 is 22.7 Å². The first kappa shape index (κ1) is 13.3. The molecule has 0 aliphatic heterocycles. The molecule has 0 aliphatic carbocycles. The van der Waals surface area contributed by atoms with Gasteiger partial charge < -0.3 is 15.8 Å². The zero-order valence-corrected chi connectivity index (χ0v) is 8.75. The summed E-state index contributed by atoms with van der Waals surface area (Å²) in [4.78, 5) is 10.7. The van der Waals surface area contributed by atoms with E-state index in [2.05, 4.69) is 0 Å². The summed E-state index contributed by atoms with van der Waals surface area (Å²) in [7, 11) is 0. The minimum atomic E-state index is -4.91. The zero-order chi connectivity index (χ0) is 12.9. The van der Waals surface area contributed by atoms with Gasteiger partial charge in [-0.05, 0) is 12.1 Å². The Bertz CT molecular complexity index is 393. The van der Waals surface area contributed by atoms with Crippen molar-refractivity contribution in [2.75, 3.05) is 18.5 Å². The molecule has 0 unspecified atom stereocenters. The molecule has 0 radical (unpaired) electrons. The van der Waals surface area contributed by atoms with Crippen molar-refractivity contribution in [3.05, 3.63) is 24.3 Å². The highest BCUT2D eigenvalue weighted by atomic mass is 19.4. The van der Waals surface area contributed by atoms with Gasteiger partial charge in [-0.15, -0.1) is 0 Å². The van der Waals surface area contributed by atoms with Crippen LogP contribution in [0, 0.1) is 0 Å². The molecule has 94 valence electrons. The van der Waals surface area contributed by atoms with E-state index < -0.39 is 12.1 Å². The predicted molar refractivity (Wildman–Crippen MR) is 55.7 cm³/mol. The van der Waals surface area contributed by atoms with Crippen LogP contribution in [0.15, 0.2) is 24.3 Å². The number of ether oxygens (including phenoxy) is 1. The van der Waals surface area contributed by atoms with Crippen molar-refractivity contribution in [3.8, 4) is 5.75 Å². The van der Waals surface area contributed by atoms with E-state index in [9.17, 15) is 18.0 Å². The summed E-state index contributed by atoms with van der Waals surface area (Å²) < 4.78 is 41.0. The molecule has 1 rings (SSSR count). The Balaban J connectivity index is 2.69. The lowest BCUT2D eigenvalue weighted by Crippen LogP contribution is -2.29. The Morgan fingerprint density at radius 2 is 2.12 bits per heavy atom. The van der Waals surface area contributed by atoms with Gasteiger partial charge in [0.15, 0.2) is 0 Å². The fourth-order valence-corrected chi connectivity index (χ4v) is 1.04. The van der Waals surface area contributed by atoms with Crippen LogP contribution >= 0.6 is 0 Å². The van der Waals surface area contributed by atoms with Gasteiger partial charge in [-0.2, -0.15) is 13.2 Å². The van der Waals surface area contributed by atoms with Crippen LogP contribution in [0.1, 0.15) is 0 Å². The maximum Gasteiger partial charge on any atom is 0.471 e. The van der Waals surface area contributed by atoms with Gasteiger partial charge in [0.05, 0.1) is 0 Å². The molecule has 0 aliphatic rings. The van der Waals surface area contributed by atoms with Crippen LogP contribution < -0.4 is 15.8 Å². The number of hydrogen-bond donors (Lipinski definition) is 2. The molecule has 0 spiro atoms. The highest BCUT2D eigenvalue weighted by Gasteiger charge is 2.38. The van der Waals surface area contributed by atoms with Gasteiger partial charge in [-0.1, -0.05) is 6.07 Å². The lowest BCUT2D eigenvalue weighted by atomic mass is 10.3. The Labute approximate surface area is 95.6 Å². The highest BCUT2D eigenvalue weighted by Crippen LogP contribution is 2.21. The predicted octanol–water partition coefficient (Wildman–Crippen LogP) is 1.52. The fraction of sp³-hybridized carbons (Fsp3) is 0.300. The molecule has 0 saturated heterocycles. The number of carbonyl (C=O) groups is 1. The van der Waals surface area contributed by atoms with E-state index in [0.29, 0.717) is 12.3 Å². The van der Waals surface area contributed by atoms with Crippen LogP contribution in [0.5, 0.6) is 5.75 Å². The first-order valence-corrected chi connectivity index (χ1v) is 4.74. The van der Waals surface area contributed by atoms with E-state index in [1.165, 1.54) is 18.2 Å². The summed E-state index contributed by atoms with van der Waals surface area (Å²) in [6.07, 6.45) is -4.91. The summed E-state index contributed by atoms with van der Waals surface area (Å²) in [6, 6.07) is 5.65. The first-order chi connectivity index (χ1) is 7.93. The molecule has 1 amide bonds. The summed E-state index contributed by atoms with van der Waals surface area (Å²) in [5.74, 6) is -1.68. The second kappa shape index (κ2) is 5.53. The van der Waals surface area contributed by atoms with Gasteiger partial charge in [0, 0.05) is 18.3 Å². The molecular weight excluding hydrogens is 237 g/mol. The number of halogens is 3. The number of nitrogens with two attached hydrogens (primary N) is 1. The number of nitrogens with one attached hydrogen (secondary N) is 1. The Kier molecular flexibility index (Phi) is 4.33. The van der Waals surface area contributed by atoms with Crippen molar-refractivity contribution in [3.63, 3.8) is 0 Å². The largest absolute Gasteiger partial charge is 0.492 e. The van der Waals surface area contributed by atoms with Crippen molar-refractivity contribution in [2.24, 2.45) is 5.73 Å². The average Bonchev–Trinajstić information content (AvgIpc) is 2.25. The van der Waals surface area contributed by atoms with E-state index in [1.807, 2.05) is 0 Å². The molecule has 0 bridgehead atoms. The van der Waals surface area contributed by atoms with Gasteiger partial charge in [-0.25, -0.2) is 0 Å². The maximum absolute atomic E-state index is 12.0. The smallest absolute Gasteiger partial charge is 0.471 e. The molecule has 1 aromatic carbocycles. The van der Waals surface area contributed by atoms with Crippen molar-refractivity contribution >= 4 is 11.6 Å². The van der Waals surface area contributed by atoms with Crippen LogP contribution in [0.3, 0.4) is 0 Å². The molecule has 17 heavy (non-hydrogen) atoms. The van der Waals surface area contributed by atoms with Crippen LogP contribution in [-0.2, 0) is 4.79 Å². The normalized spacial score (nSPS) is 11.1. The van der Waals surface area contributed by atoms with Crippen molar-refractivity contribution in [1.29, 1.82) is 0 Å². The molecule has 7 heteroatoms. The quantitative estimate of drug-likeness (QED) is 0.849. The number of benzene rings is 1. The third-order valence-corrected chi connectivity index (χ3v) is 1.74. The van der Waals surface area contributed by atoms with Crippen molar-refractivity contribution in [1.82, 2.24) is 0 Å². The van der Waals surface area contributed by atoms with Crippen LogP contribution in [-0.4, -0.2) is 25.2 Å². The topological polar surface area (TPSA) is 64.3 Å². The number of anilines is 1. The number of carbonyl (C=O) groups excluding carboxylic acids is 1. The summed E-state index contributed by atoms with van der Waals surface area (Å²) in [5.41, 5.74) is 5.22. The molecule has 0 saturated carbocycles. The third kappa shape index (κ3) is 4.31. The van der Waals surface area contributed by atoms with Gasteiger partial charge in [0.2, 0.25) is 0 Å². The Hall–Kier alpha value is -1.76. The van der Waals surface area contributed by atoms with E-state index in [1.54, 1.807) is 11.4 Å². The number of alkyl halides is 3. The van der Waals surface area contributed by atoms with Gasteiger partial charge in [-0.3, -0.25) is 4.79 Å². The van der Waals surface area contributed by atoms with E-state index in [-0.39, 0.29) is 12.3 Å². The van der Waals surface area contributed by atoms with Gasteiger partial charge in [0.25, 0.3) is 0 Å². The lowest BCUT2D eigenvalue weighted by molar-refractivity contribution is -0.167. The van der Waals surface area contributed by atoms with Crippen LogP contribution in [0.4, 0.5) is 18.9 Å².